The van der Waals surface area contributed by atoms with E-state index in [9.17, 15) is 0 Å². The van der Waals surface area contributed by atoms with Gasteiger partial charge in [0, 0.05) is 0 Å². The standard InChI is InChI=1S/C12H16O2/c1-4-12(14-13)10(3)11-7-5-9(2)6-8-11/h5-8,12-13H,3-4H2,1-2H3. The zero-order valence-corrected chi connectivity index (χ0v) is 8.66. The number of benzene rings is 1. The van der Waals surface area contributed by atoms with Crippen LogP contribution in [0.25, 0.3) is 5.57 Å². The third-order valence-corrected chi connectivity index (χ3v) is 2.31. The second-order valence-corrected chi connectivity index (χ2v) is 3.39. The van der Waals surface area contributed by atoms with Crippen molar-refractivity contribution < 1.29 is 10.1 Å². The number of hydrogen-bond donors (Lipinski definition) is 1. The largest absolute Gasteiger partial charge is 0.251 e. The van der Waals surface area contributed by atoms with E-state index in [1.165, 1.54) is 5.56 Å². The van der Waals surface area contributed by atoms with Gasteiger partial charge in [0.15, 0.2) is 0 Å². The van der Waals surface area contributed by atoms with Crippen molar-refractivity contribution in [1.29, 1.82) is 0 Å². The topological polar surface area (TPSA) is 29.5 Å². The van der Waals surface area contributed by atoms with Gasteiger partial charge in [-0.2, -0.15) is 0 Å². The Labute approximate surface area is 84.8 Å². The molecule has 0 bridgehead atoms. The monoisotopic (exact) mass is 192 g/mol. The molecule has 2 nitrogen and oxygen atoms in total. The molecule has 0 fully saturated rings. The first kappa shape index (κ1) is 11.0. The Morgan fingerprint density at radius 1 is 1.43 bits per heavy atom. The lowest BCUT2D eigenvalue weighted by molar-refractivity contribution is -0.263. The van der Waals surface area contributed by atoms with Gasteiger partial charge in [0.1, 0.15) is 6.10 Å². The van der Waals surface area contributed by atoms with Gasteiger partial charge in [0.25, 0.3) is 0 Å². The fraction of sp³-hybridized carbons (Fsp3) is 0.333. The summed E-state index contributed by atoms with van der Waals surface area (Å²) in [6.07, 6.45) is 0.404. The number of hydrogen-bond acceptors (Lipinski definition) is 2. The van der Waals surface area contributed by atoms with Crippen LogP contribution in [-0.2, 0) is 4.89 Å². The highest BCUT2D eigenvalue weighted by atomic mass is 17.1. The highest BCUT2D eigenvalue weighted by Gasteiger charge is 2.12. The molecule has 0 spiro atoms. The molecule has 0 aliphatic carbocycles. The Morgan fingerprint density at radius 2 is 2.00 bits per heavy atom. The van der Waals surface area contributed by atoms with Gasteiger partial charge in [0.2, 0.25) is 0 Å². The second-order valence-electron chi connectivity index (χ2n) is 3.39. The lowest BCUT2D eigenvalue weighted by atomic mass is 10.00. The van der Waals surface area contributed by atoms with E-state index in [0.717, 1.165) is 11.1 Å². The minimum Gasteiger partial charge on any atom is -0.251 e. The van der Waals surface area contributed by atoms with Crippen LogP contribution in [0.5, 0.6) is 0 Å². The molecule has 14 heavy (non-hydrogen) atoms. The third kappa shape index (κ3) is 2.44. The minimum atomic E-state index is -0.308. The Kier molecular flexibility index (Phi) is 3.86. The van der Waals surface area contributed by atoms with Gasteiger partial charge >= 0.3 is 0 Å². The number of aryl methyl sites for hydroxylation is 1. The van der Waals surface area contributed by atoms with E-state index in [1.807, 2.05) is 38.1 Å². The first-order valence-corrected chi connectivity index (χ1v) is 4.75. The van der Waals surface area contributed by atoms with Gasteiger partial charge < -0.3 is 0 Å². The van der Waals surface area contributed by atoms with E-state index < -0.39 is 0 Å². The zero-order valence-electron chi connectivity index (χ0n) is 8.66. The van der Waals surface area contributed by atoms with Crippen molar-refractivity contribution in [3.63, 3.8) is 0 Å². The van der Waals surface area contributed by atoms with Crippen LogP contribution in [-0.4, -0.2) is 11.4 Å². The van der Waals surface area contributed by atoms with Crippen LogP contribution in [0.15, 0.2) is 30.8 Å². The molecule has 0 heterocycles. The summed E-state index contributed by atoms with van der Waals surface area (Å²) in [5.41, 5.74) is 3.03. The molecule has 0 saturated carbocycles. The van der Waals surface area contributed by atoms with Crippen LogP contribution in [0.4, 0.5) is 0 Å². The highest BCUT2D eigenvalue weighted by molar-refractivity contribution is 5.66. The van der Waals surface area contributed by atoms with Crippen LogP contribution >= 0.6 is 0 Å². The molecule has 2 heteroatoms. The van der Waals surface area contributed by atoms with Gasteiger partial charge in [-0.3, -0.25) is 5.26 Å². The zero-order chi connectivity index (χ0) is 10.6. The van der Waals surface area contributed by atoms with E-state index >= 15 is 0 Å². The van der Waals surface area contributed by atoms with Crippen molar-refractivity contribution in [2.24, 2.45) is 0 Å². The Hall–Kier alpha value is -1.12. The first-order valence-electron chi connectivity index (χ1n) is 4.75. The Bertz CT molecular complexity index is 297. The van der Waals surface area contributed by atoms with Gasteiger partial charge in [-0.15, -0.1) is 0 Å². The summed E-state index contributed by atoms with van der Waals surface area (Å²) >= 11 is 0. The predicted molar refractivity (Wildman–Crippen MR) is 58.0 cm³/mol. The SMILES string of the molecule is C=C(c1ccc(C)cc1)C(CC)OO. The van der Waals surface area contributed by atoms with Gasteiger partial charge in [0.05, 0.1) is 0 Å². The molecular weight excluding hydrogens is 176 g/mol. The average Bonchev–Trinajstić information content (AvgIpc) is 2.20. The van der Waals surface area contributed by atoms with Crippen LogP contribution in [0, 0.1) is 6.92 Å². The van der Waals surface area contributed by atoms with Crippen LogP contribution in [0.3, 0.4) is 0 Å². The van der Waals surface area contributed by atoms with E-state index in [-0.39, 0.29) is 6.10 Å². The lowest BCUT2D eigenvalue weighted by Gasteiger charge is -2.14. The van der Waals surface area contributed by atoms with E-state index in [1.54, 1.807) is 0 Å². The lowest BCUT2D eigenvalue weighted by Crippen LogP contribution is -2.10. The summed E-state index contributed by atoms with van der Waals surface area (Å²) in [5.74, 6) is 0. The second kappa shape index (κ2) is 4.94. The summed E-state index contributed by atoms with van der Waals surface area (Å²) in [7, 11) is 0. The van der Waals surface area contributed by atoms with E-state index in [0.29, 0.717) is 6.42 Å². The molecule has 0 aliphatic rings. The van der Waals surface area contributed by atoms with Gasteiger partial charge in [-0.25, -0.2) is 4.89 Å². The molecule has 0 aliphatic heterocycles. The molecule has 0 aromatic heterocycles. The van der Waals surface area contributed by atoms with E-state index in [4.69, 9.17) is 5.26 Å². The van der Waals surface area contributed by atoms with Crippen LogP contribution in [0.1, 0.15) is 24.5 Å². The smallest absolute Gasteiger partial charge is 0.117 e. The Morgan fingerprint density at radius 3 is 2.43 bits per heavy atom. The van der Waals surface area contributed by atoms with Crippen LogP contribution in [0.2, 0.25) is 0 Å². The molecule has 76 valence electrons. The van der Waals surface area contributed by atoms with Crippen molar-refractivity contribution in [2.45, 2.75) is 26.4 Å². The minimum absolute atomic E-state index is 0.308. The molecule has 1 N–H and O–H groups in total. The quantitative estimate of drug-likeness (QED) is 0.586. The van der Waals surface area contributed by atoms with Crippen molar-refractivity contribution in [3.8, 4) is 0 Å². The normalized spacial score (nSPS) is 12.5. The molecular formula is C12H16O2. The fourth-order valence-electron chi connectivity index (χ4n) is 1.34. The summed E-state index contributed by atoms with van der Waals surface area (Å²) < 4.78 is 0. The van der Waals surface area contributed by atoms with Crippen molar-refractivity contribution in [3.05, 3.63) is 42.0 Å². The molecule has 1 unspecified atom stereocenters. The maximum atomic E-state index is 8.65. The summed E-state index contributed by atoms with van der Waals surface area (Å²) in [4.78, 5) is 4.35. The fourth-order valence-corrected chi connectivity index (χ4v) is 1.34. The van der Waals surface area contributed by atoms with Crippen molar-refractivity contribution in [1.82, 2.24) is 0 Å². The van der Waals surface area contributed by atoms with Gasteiger partial charge in [-0.05, 0) is 24.5 Å². The summed E-state index contributed by atoms with van der Waals surface area (Å²) in [6, 6.07) is 8.01. The molecule has 0 radical (unpaired) electrons. The highest BCUT2D eigenvalue weighted by Crippen LogP contribution is 2.20. The molecule has 1 aromatic rings. The average molecular weight is 192 g/mol. The molecule has 1 atom stereocenters. The predicted octanol–water partition coefficient (Wildman–Crippen LogP) is 3.28. The maximum Gasteiger partial charge on any atom is 0.117 e. The van der Waals surface area contributed by atoms with Gasteiger partial charge in [-0.1, -0.05) is 43.3 Å². The summed E-state index contributed by atoms with van der Waals surface area (Å²) in [5, 5.41) is 8.65. The third-order valence-electron chi connectivity index (χ3n) is 2.31. The van der Waals surface area contributed by atoms with E-state index in [2.05, 4.69) is 11.5 Å². The molecule has 1 rings (SSSR count). The van der Waals surface area contributed by atoms with Crippen molar-refractivity contribution in [2.75, 3.05) is 0 Å². The molecule has 0 saturated heterocycles. The molecule has 0 amide bonds. The van der Waals surface area contributed by atoms with Crippen molar-refractivity contribution >= 4 is 5.57 Å². The first-order chi connectivity index (χ1) is 6.69. The Balaban J connectivity index is 2.83. The van der Waals surface area contributed by atoms with Crippen LogP contribution < -0.4 is 0 Å². The number of rotatable bonds is 4. The molecule has 1 aromatic carbocycles. The maximum absolute atomic E-state index is 8.65. The summed E-state index contributed by atoms with van der Waals surface area (Å²) in [6.45, 7) is 7.89.